The molecule has 5 nitrogen and oxygen atoms in total. The highest BCUT2D eigenvalue weighted by molar-refractivity contribution is 7.91. The van der Waals surface area contributed by atoms with Gasteiger partial charge in [0.15, 0.2) is 0 Å². The van der Waals surface area contributed by atoms with E-state index in [1.165, 1.54) is 12.1 Å². The lowest BCUT2D eigenvalue weighted by molar-refractivity contribution is 0.544. The van der Waals surface area contributed by atoms with Gasteiger partial charge in [0.25, 0.3) is 0 Å². The van der Waals surface area contributed by atoms with E-state index < -0.39 is 10.0 Å². The monoisotopic (exact) mass is 259 g/mol. The average Bonchev–Trinajstić information content (AvgIpc) is 2.75. The summed E-state index contributed by atoms with van der Waals surface area (Å²) in [6, 6.07) is 4.55. The molecule has 7 heteroatoms. The zero-order valence-corrected chi connectivity index (χ0v) is 10.4. The molecule has 1 unspecified atom stereocenters. The van der Waals surface area contributed by atoms with Crippen molar-refractivity contribution in [2.24, 2.45) is 5.73 Å². The SMILES string of the molecule is CCC(CN)NS(=O)(=O)c1ccc(C#N)s1. The highest BCUT2D eigenvalue weighted by Crippen LogP contribution is 2.20. The van der Waals surface area contributed by atoms with Gasteiger partial charge >= 0.3 is 0 Å². The Kier molecular flexibility index (Phi) is 4.44. The maximum absolute atomic E-state index is 11.8. The fourth-order valence-corrected chi connectivity index (χ4v) is 3.55. The van der Waals surface area contributed by atoms with E-state index in [1.54, 1.807) is 0 Å². The maximum atomic E-state index is 11.8. The summed E-state index contributed by atoms with van der Waals surface area (Å²) in [4.78, 5) is 0.376. The van der Waals surface area contributed by atoms with E-state index in [0.29, 0.717) is 11.3 Å². The number of hydrogen-bond acceptors (Lipinski definition) is 5. The van der Waals surface area contributed by atoms with Gasteiger partial charge < -0.3 is 5.73 Å². The van der Waals surface area contributed by atoms with Gasteiger partial charge in [-0.15, -0.1) is 11.3 Å². The predicted molar refractivity (Wildman–Crippen MR) is 62.5 cm³/mol. The van der Waals surface area contributed by atoms with Gasteiger partial charge in [-0.2, -0.15) is 5.26 Å². The van der Waals surface area contributed by atoms with Crippen LogP contribution in [-0.4, -0.2) is 21.0 Å². The Hall–Kier alpha value is -0.940. The Bertz CT molecular complexity index is 483. The summed E-state index contributed by atoms with van der Waals surface area (Å²) < 4.78 is 26.3. The van der Waals surface area contributed by atoms with E-state index in [1.807, 2.05) is 13.0 Å². The number of nitrogens with one attached hydrogen (secondary N) is 1. The van der Waals surface area contributed by atoms with Gasteiger partial charge in [0.2, 0.25) is 10.0 Å². The Morgan fingerprint density at radius 2 is 2.31 bits per heavy atom. The lowest BCUT2D eigenvalue weighted by atomic mass is 10.2. The highest BCUT2D eigenvalue weighted by Gasteiger charge is 2.20. The Morgan fingerprint density at radius 3 is 2.75 bits per heavy atom. The molecule has 1 aromatic rings. The van der Waals surface area contributed by atoms with Crippen LogP contribution in [0.5, 0.6) is 0 Å². The molecule has 0 aliphatic heterocycles. The molecule has 88 valence electrons. The van der Waals surface area contributed by atoms with Crippen LogP contribution in [0.15, 0.2) is 16.3 Å². The molecule has 1 atom stereocenters. The molecule has 0 saturated heterocycles. The van der Waals surface area contributed by atoms with Crippen LogP contribution in [0.3, 0.4) is 0 Å². The van der Waals surface area contributed by atoms with E-state index in [9.17, 15) is 8.42 Å². The van der Waals surface area contributed by atoms with E-state index in [-0.39, 0.29) is 16.8 Å². The first-order chi connectivity index (χ1) is 7.53. The number of nitriles is 1. The summed E-state index contributed by atoms with van der Waals surface area (Å²) in [5, 5.41) is 8.62. The molecule has 0 aliphatic carbocycles. The Balaban J connectivity index is 2.90. The summed E-state index contributed by atoms with van der Waals surface area (Å²) in [6.45, 7) is 2.11. The van der Waals surface area contributed by atoms with Crippen molar-refractivity contribution >= 4 is 21.4 Å². The quantitative estimate of drug-likeness (QED) is 0.810. The van der Waals surface area contributed by atoms with E-state index in [4.69, 9.17) is 11.0 Å². The van der Waals surface area contributed by atoms with Gasteiger partial charge in [0.05, 0.1) is 0 Å². The molecular formula is C9H13N3O2S2. The molecule has 0 radical (unpaired) electrons. The zero-order chi connectivity index (χ0) is 12.2. The van der Waals surface area contributed by atoms with Crippen LogP contribution >= 0.6 is 11.3 Å². The average molecular weight is 259 g/mol. The van der Waals surface area contributed by atoms with Gasteiger partial charge in [-0.1, -0.05) is 6.92 Å². The minimum atomic E-state index is -3.54. The summed E-state index contributed by atoms with van der Waals surface area (Å²) in [7, 11) is -3.54. The van der Waals surface area contributed by atoms with Crippen molar-refractivity contribution in [2.45, 2.75) is 23.6 Å². The normalized spacial score (nSPS) is 13.3. The number of nitrogens with zero attached hydrogens (tertiary/aromatic N) is 1. The second-order valence-electron chi connectivity index (χ2n) is 3.19. The van der Waals surface area contributed by atoms with E-state index in [2.05, 4.69) is 4.72 Å². The molecule has 1 rings (SSSR count). The number of thiophene rings is 1. The van der Waals surface area contributed by atoms with E-state index in [0.717, 1.165) is 11.3 Å². The summed E-state index contributed by atoms with van der Waals surface area (Å²) in [5.74, 6) is 0. The van der Waals surface area contributed by atoms with Crippen molar-refractivity contribution < 1.29 is 8.42 Å². The largest absolute Gasteiger partial charge is 0.329 e. The molecule has 0 aromatic carbocycles. The summed E-state index contributed by atoms with van der Waals surface area (Å²) in [5.41, 5.74) is 5.42. The molecule has 0 spiro atoms. The van der Waals surface area contributed by atoms with Crippen LogP contribution in [0, 0.1) is 11.3 Å². The van der Waals surface area contributed by atoms with Crippen LogP contribution in [0.25, 0.3) is 0 Å². The van der Waals surface area contributed by atoms with Crippen molar-refractivity contribution in [1.82, 2.24) is 4.72 Å². The minimum Gasteiger partial charge on any atom is -0.329 e. The van der Waals surface area contributed by atoms with Crippen LogP contribution < -0.4 is 10.5 Å². The van der Waals surface area contributed by atoms with Crippen molar-refractivity contribution in [2.75, 3.05) is 6.54 Å². The van der Waals surface area contributed by atoms with Crippen molar-refractivity contribution in [3.05, 3.63) is 17.0 Å². The summed E-state index contributed by atoms with van der Waals surface area (Å²) >= 11 is 0.950. The van der Waals surface area contributed by atoms with Gasteiger partial charge in [-0.05, 0) is 18.6 Å². The second kappa shape index (κ2) is 5.41. The van der Waals surface area contributed by atoms with Crippen molar-refractivity contribution in [3.63, 3.8) is 0 Å². The molecule has 0 saturated carbocycles. The third-order valence-electron chi connectivity index (χ3n) is 2.06. The third-order valence-corrected chi connectivity index (χ3v) is 5.06. The van der Waals surface area contributed by atoms with Gasteiger partial charge in [0, 0.05) is 12.6 Å². The number of sulfonamides is 1. The topological polar surface area (TPSA) is 96.0 Å². The fourth-order valence-electron chi connectivity index (χ4n) is 1.10. The van der Waals surface area contributed by atoms with Crippen LogP contribution in [0.4, 0.5) is 0 Å². The number of hydrogen-bond donors (Lipinski definition) is 2. The molecule has 3 N–H and O–H groups in total. The number of nitrogens with two attached hydrogens (primary N) is 1. The molecule has 1 heterocycles. The van der Waals surface area contributed by atoms with Crippen molar-refractivity contribution in [3.8, 4) is 6.07 Å². The Labute approximate surface area is 98.9 Å². The van der Waals surface area contributed by atoms with Gasteiger partial charge in [-0.25, -0.2) is 13.1 Å². The molecular weight excluding hydrogens is 246 g/mol. The fraction of sp³-hybridized carbons (Fsp3) is 0.444. The van der Waals surface area contributed by atoms with Crippen molar-refractivity contribution in [1.29, 1.82) is 5.26 Å². The summed E-state index contributed by atoms with van der Waals surface area (Å²) in [6.07, 6.45) is 0.631. The van der Waals surface area contributed by atoms with Gasteiger partial charge in [-0.3, -0.25) is 0 Å². The van der Waals surface area contributed by atoms with Crippen LogP contribution in [0.1, 0.15) is 18.2 Å². The zero-order valence-electron chi connectivity index (χ0n) is 8.80. The molecule has 1 aromatic heterocycles. The standard InChI is InChI=1S/C9H13N3O2S2/c1-2-7(5-10)12-16(13,14)9-4-3-8(6-11)15-9/h3-4,7,12H,2,5,10H2,1H3. The third kappa shape index (κ3) is 3.02. The first kappa shape index (κ1) is 13.1. The Morgan fingerprint density at radius 1 is 1.62 bits per heavy atom. The molecule has 0 bridgehead atoms. The molecule has 0 aliphatic rings. The number of rotatable bonds is 5. The maximum Gasteiger partial charge on any atom is 0.250 e. The molecule has 16 heavy (non-hydrogen) atoms. The lowest BCUT2D eigenvalue weighted by Crippen LogP contribution is -2.39. The predicted octanol–water partition coefficient (Wildman–Crippen LogP) is 0.635. The first-order valence-electron chi connectivity index (χ1n) is 4.75. The van der Waals surface area contributed by atoms with Crippen LogP contribution in [-0.2, 0) is 10.0 Å². The molecule has 0 amide bonds. The van der Waals surface area contributed by atoms with E-state index >= 15 is 0 Å². The van der Waals surface area contributed by atoms with Gasteiger partial charge in [0.1, 0.15) is 15.2 Å². The smallest absolute Gasteiger partial charge is 0.250 e. The first-order valence-corrected chi connectivity index (χ1v) is 7.05. The minimum absolute atomic E-state index is 0.149. The molecule has 0 fully saturated rings. The highest BCUT2D eigenvalue weighted by atomic mass is 32.2. The second-order valence-corrected chi connectivity index (χ2v) is 6.22. The van der Waals surface area contributed by atoms with Crippen LogP contribution in [0.2, 0.25) is 0 Å². The lowest BCUT2D eigenvalue weighted by Gasteiger charge is -2.13.